The summed E-state index contributed by atoms with van der Waals surface area (Å²) in [5.74, 6) is 0.498. The lowest BCUT2D eigenvalue weighted by Crippen LogP contribution is -2.32. The zero-order valence-electron chi connectivity index (χ0n) is 11.7. The van der Waals surface area contributed by atoms with Crippen LogP contribution >= 0.6 is 11.6 Å². The third kappa shape index (κ3) is 5.61. The van der Waals surface area contributed by atoms with Crippen molar-refractivity contribution in [3.63, 3.8) is 0 Å². The molecule has 2 aromatic rings. The van der Waals surface area contributed by atoms with E-state index < -0.39 is 0 Å². The van der Waals surface area contributed by atoms with Crippen LogP contribution in [0.5, 0.6) is 11.5 Å². The molecule has 0 saturated heterocycles. The van der Waals surface area contributed by atoms with Crippen LogP contribution in [0.2, 0.25) is 5.02 Å². The molecule has 1 N–H and O–H groups in total. The highest BCUT2D eigenvalue weighted by Crippen LogP contribution is 2.16. The number of nitrogens with one attached hydrogen (secondary N) is 1. The lowest BCUT2D eigenvalue weighted by Gasteiger charge is -2.09. The summed E-state index contributed by atoms with van der Waals surface area (Å²) >= 11 is 5.81. The van der Waals surface area contributed by atoms with E-state index in [4.69, 9.17) is 21.1 Å². The van der Waals surface area contributed by atoms with Gasteiger partial charge in [-0.15, -0.1) is 0 Å². The van der Waals surface area contributed by atoms with Gasteiger partial charge in [-0.1, -0.05) is 17.7 Å². The van der Waals surface area contributed by atoms with Crippen molar-refractivity contribution in [1.29, 1.82) is 0 Å². The van der Waals surface area contributed by atoms with Gasteiger partial charge >= 0.3 is 0 Å². The Labute approximate surface area is 132 Å². The van der Waals surface area contributed by atoms with Gasteiger partial charge in [0, 0.05) is 5.02 Å². The van der Waals surface area contributed by atoms with Crippen molar-refractivity contribution in [2.24, 2.45) is 0 Å². The summed E-state index contributed by atoms with van der Waals surface area (Å²) in [6.07, 6.45) is 0. The Morgan fingerprint density at radius 2 is 1.86 bits per heavy atom. The number of amides is 1. The molecule has 0 saturated carbocycles. The van der Waals surface area contributed by atoms with E-state index in [1.54, 1.807) is 24.3 Å². The average Bonchev–Trinajstić information content (AvgIpc) is 2.51. The maximum Gasteiger partial charge on any atom is 0.258 e. The van der Waals surface area contributed by atoms with Gasteiger partial charge < -0.3 is 14.8 Å². The SMILES string of the molecule is O=C(COc1cccc(Cl)c1)NCCOc1ccc(F)cc1. The molecule has 0 unspecified atom stereocenters. The fourth-order valence-electron chi connectivity index (χ4n) is 1.65. The summed E-state index contributed by atoms with van der Waals surface area (Å²) in [5.41, 5.74) is 0. The summed E-state index contributed by atoms with van der Waals surface area (Å²) in [5, 5.41) is 3.20. The lowest BCUT2D eigenvalue weighted by molar-refractivity contribution is -0.123. The van der Waals surface area contributed by atoms with E-state index in [2.05, 4.69) is 5.32 Å². The number of hydrogen-bond donors (Lipinski definition) is 1. The van der Waals surface area contributed by atoms with Gasteiger partial charge in [-0.25, -0.2) is 4.39 Å². The van der Waals surface area contributed by atoms with Crippen molar-refractivity contribution in [3.05, 3.63) is 59.4 Å². The first-order valence-electron chi connectivity index (χ1n) is 6.67. The summed E-state index contributed by atoms with van der Waals surface area (Å²) in [6, 6.07) is 12.5. The van der Waals surface area contributed by atoms with Crippen LogP contribution in [0.3, 0.4) is 0 Å². The molecule has 22 heavy (non-hydrogen) atoms. The van der Waals surface area contributed by atoms with E-state index >= 15 is 0 Å². The van der Waals surface area contributed by atoms with E-state index in [1.165, 1.54) is 24.3 Å². The number of halogens is 2. The maximum absolute atomic E-state index is 12.7. The fraction of sp³-hybridized carbons (Fsp3) is 0.188. The van der Waals surface area contributed by atoms with Crippen molar-refractivity contribution in [2.45, 2.75) is 0 Å². The highest BCUT2D eigenvalue weighted by molar-refractivity contribution is 6.30. The highest BCUT2D eigenvalue weighted by atomic mass is 35.5. The molecule has 4 nitrogen and oxygen atoms in total. The predicted molar refractivity (Wildman–Crippen MR) is 81.9 cm³/mol. The molecule has 0 fully saturated rings. The largest absolute Gasteiger partial charge is 0.492 e. The molecule has 0 heterocycles. The maximum atomic E-state index is 12.7. The predicted octanol–water partition coefficient (Wildman–Crippen LogP) is 3.05. The molecule has 1 amide bonds. The quantitative estimate of drug-likeness (QED) is 0.797. The molecule has 2 rings (SSSR count). The van der Waals surface area contributed by atoms with Crippen LogP contribution in [0.15, 0.2) is 48.5 Å². The number of ether oxygens (including phenoxy) is 2. The van der Waals surface area contributed by atoms with Crippen molar-refractivity contribution in [1.82, 2.24) is 5.32 Å². The van der Waals surface area contributed by atoms with Crippen LogP contribution in [0.1, 0.15) is 0 Å². The van der Waals surface area contributed by atoms with Gasteiger partial charge in [-0.3, -0.25) is 4.79 Å². The first kappa shape index (κ1) is 16.1. The molecule has 116 valence electrons. The van der Waals surface area contributed by atoms with Crippen LogP contribution in [0.25, 0.3) is 0 Å². The van der Waals surface area contributed by atoms with E-state index in [1.807, 2.05) is 0 Å². The van der Waals surface area contributed by atoms with Crippen molar-refractivity contribution in [3.8, 4) is 11.5 Å². The van der Waals surface area contributed by atoms with Crippen LogP contribution in [-0.4, -0.2) is 25.7 Å². The number of rotatable bonds is 7. The summed E-state index contributed by atoms with van der Waals surface area (Å²) in [7, 11) is 0. The minimum atomic E-state index is -0.321. The Bertz CT molecular complexity index is 619. The second kappa shape index (κ2) is 8.24. The van der Waals surface area contributed by atoms with Crippen molar-refractivity contribution >= 4 is 17.5 Å². The van der Waals surface area contributed by atoms with Crippen LogP contribution < -0.4 is 14.8 Å². The zero-order valence-corrected chi connectivity index (χ0v) is 12.5. The molecular weight excluding hydrogens is 309 g/mol. The lowest BCUT2D eigenvalue weighted by atomic mass is 10.3. The van der Waals surface area contributed by atoms with Crippen molar-refractivity contribution in [2.75, 3.05) is 19.8 Å². The first-order valence-corrected chi connectivity index (χ1v) is 7.05. The van der Waals surface area contributed by atoms with Gasteiger partial charge in [0.2, 0.25) is 0 Å². The third-order valence-electron chi connectivity index (χ3n) is 2.67. The standard InChI is InChI=1S/C16H15ClFNO3/c17-12-2-1-3-15(10-12)22-11-16(20)19-8-9-21-14-6-4-13(18)5-7-14/h1-7,10H,8-9,11H2,(H,19,20). The topological polar surface area (TPSA) is 47.6 Å². The second-order valence-corrected chi connectivity index (χ2v) is 4.83. The minimum absolute atomic E-state index is 0.100. The fourth-order valence-corrected chi connectivity index (χ4v) is 1.83. The third-order valence-corrected chi connectivity index (χ3v) is 2.91. The van der Waals surface area contributed by atoms with Crippen LogP contribution in [0, 0.1) is 5.82 Å². The number of carbonyl (C=O) groups is 1. The number of hydrogen-bond acceptors (Lipinski definition) is 3. The molecular formula is C16H15ClFNO3. The molecule has 6 heteroatoms. The second-order valence-electron chi connectivity index (χ2n) is 4.40. The molecule has 0 spiro atoms. The van der Waals surface area contributed by atoms with Gasteiger partial charge in [-0.2, -0.15) is 0 Å². The average molecular weight is 324 g/mol. The molecule has 2 aromatic carbocycles. The van der Waals surface area contributed by atoms with E-state index in [-0.39, 0.29) is 24.9 Å². The molecule has 0 aromatic heterocycles. The van der Waals surface area contributed by atoms with Gasteiger partial charge in [-0.05, 0) is 42.5 Å². The Morgan fingerprint density at radius 3 is 2.59 bits per heavy atom. The van der Waals surface area contributed by atoms with Gasteiger partial charge in [0.1, 0.15) is 23.9 Å². The van der Waals surface area contributed by atoms with Gasteiger partial charge in [0.25, 0.3) is 5.91 Å². The Morgan fingerprint density at radius 1 is 1.09 bits per heavy atom. The van der Waals surface area contributed by atoms with Crippen LogP contribution in [-0.2, 0) is 4.79 Å². The summed E-state index contributed by atoms with van der Waals surface area (Å²) in [4.78, 5) is 11.6. The summed E-state index contributed by atoms with van der Waals surface area (Å²) in [6.45, 7) is 0.514. The number of benzene rings is 2. The Hall–Kier alpha value is -2.27. The van der Waals surface area contributed by atoms with E-state index in [9.17, 15) is 9.18 Å². The van der Waals surface area contributed by atoms with Gasteiger partial charge in [0.15, 0.2) is 6.61 Å². The summed E-state index contributed by atoms with van der Waals surface area (Å²) < 4.78 is 23.3. The first-order chi connectivity index (χ1) is 10.6. The Balaban J connectivity index is 1.62. The number of carbonyl (C=O) groups excluding carboxylic acids is 1. The highest BCUT2D eigenvalue weighted by Gasteiger charge is 2.03. The minimum Gasteiger partial charge on any atom is -0.492 e. The molecule has 0 aliphatic rings. The van der Waals surface area contributed by atoms with E-state index in [0.717, 1.165) is 0 Å². The molecule has 0 aliphatic carbocycles. The molecule has 0 atom stereocenters. The zero-order chi connectivity index (χ0) is 15.8. The smallest absolute Gasteiger partial charge is 0.258 e. The van der Waals surface area contributed by atoms with E-state index in [0.29, 0.717) is 23.1 Å². The monoisotopic (exact) mass is 323 g/mol. The van der Waals surface area contributed by atoms with Crippen LogP contribution in [0.4, 0.5) is 4.39 Å². The molecule has 0 aliphatic heterocycles. The Kier molecular flexibility index (Phi) is 6.03. The normalized spacial score (nSPS) is 10.1. The van der Waals surface area contributed by atoms with Gasteiger partial charge in [0.05, 0.1) is 6.54 Å². The van der Waals surface area contributed by atoms with Crippen molar-refractivity contribution < 1.29 is 18.7 Å². The molecule has 0 bridgehead atoms. The molecule has 0 radical (unpaired) electrons.